The van der Waals surface area contributed by atoms with Crippen molar-refractivity contribution in [2.75, 3.05) is 40.0 Å². The Bertz CT molecular complexity index is 2180. The summed E-state index contributed by atoms with van der Waals surface area (Å²) in [6.07, 6.45) is -5.73. The van der Waals surface area contributed by atoms with Gasteiger partial charge in [0.05, 0.1) is 47.2 Å². The van der Waals surface area contributed by atoms with Crippen molar-refractivity contribution in [3.05, 3.63) is 41.7 Å². The van der Waals surface area contributed by atoms with Gasteiger partial charge in [-0.25, -0.2) is 0 Å². The zero-order chi connectivity index (χ0) is 53.0. The fourth-order valence-corrected chi connectivity index (χ4v) is 11.7. The van der Waals surface area contributed by atoms with E-state index in [2.05, 4.69) is 36.7 Å². The second-order valence-electron chi connectivity index (χ2n) is 21.8. The number of methoxy groups -OCH3 is 1. The molecule has 0 aliphatic carbocycles. The minimum atomic E-state index is -1.83. The Kier molecular flexibility index (Phi) is 19.4. The number of esters is 1. The molecule has 3 aliphatic heterocycles. The highest BCUT2D eigenvalue weighted by atomic mass is 32.1. The molecule has 3 aliphatic rings. The topological polar surface area (TPSA) is 263 Å². The van der Waals surface area contributed by atoms with E-state index in [0.717, 1.165) is 28.2 Å². The number of aliphatic hydroxyl groups excluding tert-OH is 3. The number of benzene rings is 1. The molecule has 20 nitrogen and oxygen atoms in total. The molecule has 0 spiro atoms. The molecule has 0 amide bonds. The van der Waals surface area contributed by atoms with Crippen LogP contribution < -0.4 is 5.73 Å². The third kappa shape index (κ3) is 13.6. The quantitative estimate of drug-likeness (QED) is 0.126. The van der Waals surface area contributed by atoms with Crippen molar-refractivity contribution >= 4 is 23.5 Å². The molecule has 3 fully saturated rings. The van der Waals surface area contributed by atoms with Crippen molar-refractivity contribution in [2.45, 2.75) is 205 Å². The molecule has 406 valence electrons. The van der Waals surface area contributed by atoms with Crippen molar-refractivity contribution in [2.24, 2.45) is 17.8 Å². The largest absolute Gasteiger partial charge is 0.459 e. The van der Waals surface area contributed by atoms with Crippen molar-refractivity contribution < 1.29 is 58.7 Å². The molecule has 0 radical (unpaired) electrons. The number of aromatic nitrogens is 5. The van der Waals surface area contributed by atoms with Crippen molar-refractivity contribution in [1.82, 2.24) is 34.2 Å². The first-order valence-electron chi connectivity index (χ1n) is 25.6. The van der Waals surface area contributed by atoms with Gasteiger partial charge in [-0.2, -0.15) is 9.36 Å². The summed E-state index contributed by atoms with van der Waals surface area (Å²) in [4.78, 5) is 22.7. The summed E-state index contributed by atoms with van der Waals surface area (Å²) in [5.41, 5.74) is 4.09. The third-order valence-electron chi connectivity index (χ3n) is 15.7. The molecule has 18 atom stereocenters. The van der Waals surface area contributed by atoms with E-state index >= 15 is 0 Å². The Morgan fingerprint density at radius 1 is 0.972 bits per heavy atom. The lowest BCUT2D eigenvalue weighted by atomic mass is 9.77. The number of carbonyl (C=O) groups is 1. The van der Waals surface area contributed by atoms with Gasteiger partial charge in [0, 0.05) is 69.3 Å². The normalized spacial score (nSPS) is 39.1. The molecule has 0 bridgehead atoms. The van der Waals surface area contributed by atoms with Crippen LogP contribution in [0.3, 0.4) is 0 Å². The second kappa shape index (κ2) is 24.1. The van der Waals surface area contributed by atoms with Crippen LogP contribution in [0.25, 0.3) is 10.6 Å². The third-order valence-corrected chi connectivity index (χ3v) is 16.5. The fraction of sp³-hybridized carbons (Fsp3) is 0.784. The lowest BCUT2D eigenvalue weighted by Crippen LogP contribution is -2.61. The molecule has 6 rings (SSSR count). The molecule has 7 N–H and O–H groups in total. The summed E-state index contributed by atoms with van der Waals surface area (Å²) in [5, 5.41) is 69.3. The van der Waals surface area contributed by atoms with E-state index in [0.29, 0.717) is 32.5 Å². The number of ether oxygens (including phenoxy) is 6. The summed E-state index contributed by atoms with van der Waals surface area (Å²) in [5.74, 6) is -2.50. The Labute approximate surface area is 429 Å². The minimum Gasteiger partial charge on any atom is -0.459 e. The van der Waals surface area contributed by atoms with Crippen LogP contribution in [0.15, 0.2) is 30.5 Å². The van der Waals surface area contributed by atoms with Crippen molar-refractivity contribution in [1.29, 1.82) is 0 Å². The Morgan fingerprint density at radius 3 is 2.31 bits per heavy atom. The molecule has 0 saturated carbocycles. The molecule has 3 aromatic rings. The van der Waals surface area contributed by atoms with Crippen LogP contribution in [-0.4, -0.2) is 190 Å². The number of hydrogen-bond acceptors (Lipinski definition) is 20. The highest BCUT2D eigenvalue weighted by molar-refractivity contribution is 7.09. The Hall–Kier alpha value is -3.29. The maximum absolute atomic E-state index is 14.5. The van der Waals surface area contributed by atoms with E-state index in [1.165, 1.54) is 25.6 Å². The standard InChI is InChI=1S/C51H84N8O12S/c1-14-38-51(10,65)42(61)32(6)58(12)26-28(2)24-49(8,64)44(30(4)41(31(5)46(63)69-38)70-39-25-50(9,66-13)43(62)33(7)68-39)71-47-40(60)37(23-29(3)67-47)57(11)21-20-36-27-59(56-54-36)22-19-34-15-17-35(18-16-34)45-53-48(52)55-72-45/h15-18,27-33,37-44,47,60-62,64-65H,14,19-26H2,1-13H3,(H2,52,55)/t28-,29-,30+,31-,32-,33+,37+,38-,39+,40-,41+,42-,43+,44-,47+,49-,50-,51-/m1/s1. The molecule has 0 unspecified atom stereocenters. The number of aryl methyl sites for hydroxylation is 2. The number of rotatable bonds is 14. The number of carbonyl (C=O) groups excluding carboxylic acids is 1. The smallest absolute Gasteiger partial charge is 0.311 e. The van der Waals surface area contributed by atoms with Gasteiger partial charge in [-0.1, -0.05) is 50.3 Å². The first kappa shape index (κ1) is 58.0. The number of aliphatic hydroxyl groups is 5. The lowest BCUT2D eigenvalue weighted by molar-refractivity contribution is -0.318. The van der Waals surface area contributed by atoms with Crippen LogP contribution in [0.2, 0.25) is 0 Å². The van der Waals surface area contributed by atoms with E-state index in [-0.39, 0.29) is 37.2 Å². The van der Waals surface area contributed by atoms with Crippen LogP contribution in [0, 0.1) is 17.8 Å². The number of nitrogens with zero attached hydrogens (tertiary/aromatic N) is 7. The molecule has 21 heteroatoms. The summed E-state index contributed by atoms with van der Waals surface area (Å²) < 4.78 is 44.2. The number of nitrogens with two attached hydrogens (primary N) is 1. The van der Waals surface area contributed by atoms with E-state index in [1.54, 1.807) is 41.5 Å². The maximum Gasteiger partial charge on any atom is 0.311 e. The summed E-state index contributed by atoms with van der Waals surface area (Å²) in [6, 6.07) is 7.16. The summed E-state index contributed by atoms with van der Waals surface area (Å²) in [6.45, 7) is 19.2. The van der Waals surface area contributed by atoms with Gasteiger partial charge in [0.2, 0.25) is 5.95 Å². The van der Waals surface area contributed by atoms with Gasteiger partial charge < -0.3 is 69.5 Å². The predicted octanol–water partition coefficient (Wildman–Crippen LogP) is 3.45. The Morgan fingerprint density at radius 2 is 1.67 bits per heavy atom. The highest BCUT2D eigenvalue weighted by Gasteiger charge is 2.53. The molecular weight excluding hydrogens is 949 g/mol. The summed E-state index contributed by atoms with van der Waals surface area (Å²) in [7, 11) is 5.29. The molecule has 5 heterocycles. The maximum atomic E-state index is 14.5. The van der Waals surface area contributed by atoms with Gasteiger partial charge in [-0.15, -0.1) is 5.10 Å². The lowest BCUT2D eigenvalue weighted by Gasteiger charge is -2.49. The molecular formula is C51H84N8O12S. The van der Waals surface area contributed by atoms with Crippen LogP contribution in [0.1, 0.15) is 106 Å². The van der Waals surface area contributed by atoms with Crippen molar-refractivity contribution in [3.63, 3.8) is 0 Å². The van der Waals surface area contributed by atoms with E-state index in [9.17, 15) is 30.3 Å². The van der Waals surface area contributed by atoms with Crippen LogP contribution >= 0.6 is 11.5 Å². The number of anilines is 1. The average molecular weight is 1030 g/mol. The van der Waals surface area contributed by atoms with Gasteiger partial charge in [0.1, 0.15) is 35.0 Å². The van der Waals surface area contributed by atoms with Gasteiger partial charge in [-0.3, -0.25) is 9.48 Å². The van der Waals surface area contributed by atoms with Crippen molar-refractivity contribution in [3.8, 4) is 10.6 Å². The van der Waals surface area contributed by atoms with E-state index in [1.807, 2.05) is 62.8 Å². The van der Waals surface area contributed by atoms with Gasteiger partial charge >= 0.3 is 5.97 Å². The Balaban J connectivity index is 1.22. The predicted molar refractivity (Wildman–Crippen MR) is 270 cm³/mol. The molecule has 3 saturated heterocycles. The highest BCUT2D eigenvalue weighted by Crippen LogP contribution is 2.40. The number of nitrogen functional groups attached to an aromatic ring is 1. The van der Waals surface area contributed by atoms with E-state index in [4.69, 9.17) is 34.2 Å². The molecule has 72 heavy (non-hydrogen) atoms. The second-order valence-corrected chi connectivity index (χ2v) is 22.6. The van der Waals surface area contributed by atoms with Crippen LogP contribution in [0.4, 0.5) is 5.95 Å². The zero-order valence-corrected chi connectivity index (χ0v) is 45.4. The van der Waals surface area contributed by atoms with Gasteiger partial charge in [0.15, 0.2) is 12.6 Å². The first-order chi connectivity index (χ1) is 33.8. The zero-order valence-electron chi connectivity index (χ0n) is 44.6. The summed E-state index contributed by atoms with van der Waals surface area (Å²) >= 11 is 1.27. The average Bonchev–Trinajstić information content (AvgIpc) is 3.99. The molecule has 2 aromatic heterocycles. The minimum absolute atomic E-state index is 0.104. The molecule has 1 aromatic carbocycles. The van der Waals surface area contributed by atoms with Crippen LogP contribution in [-0.2, 0) is 52.6 Å². The monoisotopic (exact) mass is 1030 g/mol. The van der Waals surface area contributed by atoms with E-state index < -0.39 is 102 Å². The first-order valence-corrected chi connectivity index (χ1v) is 26.4. The number of hydrogen-bond donors (Lipinski definition) is 6. The number of cyclic esters (lactones) is 1. The van der Waals surface area contributed by atoms with Crippen LogP contribution in [0.5, 0.6) is 0 Å². The number of likely N-dealkylation sites (N-methyl/N-ethyl adjacent to an activating group) is 2. The SMILES string of the molecule is CC[C@H]1OC(=O)[C@H](C)[C@@H](O[C@H]2C[C@@](C)(OC)[C@@H](O)[C@H](C)O2)[C@H](C)[C@@H](O[C@@H]2O[C@H](C)C[C@H](N(C)CCc3cn(CCc4ccc(-c5nc(N)ns5)cc4)nn3)[C@H]2O)[C@](C)(O)C[C@@H](C)CN(C)[C@H](C)[C@@H](O)[C@]1(C)O. The van der Waals surface area contributed by atoms with Gasteiger partial charge in [-0.05, 0) is 111 Å². The van der Waals surface area contributed by atoms with Gasteiger partial charge in [0.25, 0.3) is 0 Å². The fourth-order valence-electron chi connectivity index (χ4n) is 11.1.